The van der Waals surface area contributed by atoms with E-state index in [1.807, 2.05) is 6.92 Å². The van der Waals surface area contributed by atoms with E-state index in [1.54, 1.807) is 30.3 Å². The van der Waals surface area contributed by atoms with E-state index < -0.39 is 22.7 Å². The maximum absolute atomic E-state index is 13.2. The van der Waals surface area contributed by atoms with Crippen LogP contribution in [0.15, 0.2) is 54.1 Å². The van der Waals surface area contributed by atoms with Gasteiger partial charge in [0.1, 0.15) is 11.5 Å². The standard InChI is InChI=1S/C25H27N3O7/c1-2-35-20-8-4-6-18(16-20)23(29)21-22(17-5-3-7-19(15-17)28(32)33)27(25(31)24(21)30)10-9-26-11-13-34-14-12-26/h3-8,15-16,22,29H,2,9-14H2,1H3. The van der Waals surface area contributed by atoms with Gasteiger partial charge in [-0.3, -0.25) is 24.6 Å². The van der Waals surface area contributed by atoms with E-state index in [4.69, 9.17) is 9.47 Å². The second-order valence-corrected chi connectivity index (χ2v) is 8.26. The van der Waals surface area contributed by atoms with Crippen molar-refractivity contribution in [2.75, 3.05) is 46.0 Å². The number of nitro benzene ring substituents is 1. The van der Waals surface area contributed by atoms with Gasteiger partial charge in [-0.25, -0.2) is 0 Å². The van der Waals surface area contributed by atoms with Crippen molar-refractivity contribution >= 4 is 23.1 Å². The van der Waals surface area contributed by atoms with Crippen LogP contribution >= 0.6 is 0 Å². The molecule has 0 radical (unpaired) electrons. The fourth-order valence-electron chi connectivity index (χ4n) is 4.39. The van der Waals surface area contributed by atoms with Gasteiger partial charge in [-0.1, -0.05) is 24.3 Å². The lowest BCUT2D eigenvalue weighted by atomic mass is 9.95. The van der Waals surface area contributed by atoms with Crippen molar-refractivity contribution in [3.8, 4) is 5.75 Å². The van der Waals surface area contributed by atoms with E-state index in [9.17, 15) is 24.8 Å². The second kappa shape index (κ2) is 10.7. The number of ketones is 1. The number of morpholine rings is 1. The quantitative estimate of drug-likeness (QED) is 0.201. The summed E-state index contributed by atoms with van der Waals surface area (Å²) >= 11 is 0. The maximum atomic E-state index is 13.2. The minimum absolute atomic E-state index is 0.105. The number of aliphatic hydroxyl groups is 1. The van der Waals surface area contributed by atoms with Crippen molar-refractivity contribution in [2.24, 2.45) is 0 Å². The Morgan fingerprint density at radius 1 is 1.14 bits per heavy atom. The molecule has 2 saturated heterocycles. The highest BCUT2D eigenvalue weighted by molar-refractivity contribution is 6.46. The molecule has 0 spiro atoms. The molecule has 2 aromatic rings. The Bertz CT molecular complexity index is 1160. The molecule has 184 valence electrons. The van der Waals surface area contributed by atoms with Crippen LogP contribution in [0.4, 0.5) is 5.69 Å². The number of rotatable bonds is 8. The number of hydrogen-bond acceptors (Lipinski definition) is 8. The lowest BCUT2D eigenvalue weighted by molar-refractivity contribution is -0.384. The first-order valence-electron chi connectivity index (χ1n) is 11.5. The molecule has 10 nitrogen and oxygen atoms in total. The number of non-ortho nitro benzene ring substituents is 1. The van der Waals surface area contributed by atoms with E-state index in [0.29, 0.717) is 56.3 Å². The van der Waals surface area contributed by atoms with Crippen molar-refractivity contribution in [3.05, 3.63) is 75.3 Å². The Kier molecular flexibility index (Phi) is 7.42. The van der Waals surface area contributed by atoms with Crippen LogP contribution in [-0.4, -0.2) is 77.5 Å². The van der Waals surface area contributed by atoms with E-state index in [0.717, 1.165) is 0 Å². The van der Waals surface area contributed by atoms with Crippen LogP contribution in [-0.2, 0) is 14.3 Å². The molecule has 2 aromatic carbocycles. The summed E-state index contributed by atoms with van der Waals surface area (Å²) in [5.41, 5.74) is 0.422. The average molecular weight is 482 g/mol. The highest BCUT2D eigenvalue weighted by Crippen LogP contribution is 2.40. The number of aliphatic hydroxyl groups excluding tert-OH is 1. The molecule has 0 aliphatic carbocycles. The van der Waals surface area contributed by atoms with E-state index in [-0.39, 0.29) is 23.6 Å². The van der Waals surface area contributed by atoms with Gasteiger partial charge in [-0.15, -0.1) is 0 Å². The summed E-state index contributed by atoms with van der Waals surface area (Å²) in [5.74, 6) is -1.43. The highest BCUT2D eigenvalue weighted by Gasteiger charge is 2.46. The fourth-order valence-corrected chi connectivity index (χ4v) is 4.39. The van der Waals surface area contributed by atoms with Crippen molar-refractivity contribution in [2.45, 2.75) is 13.0 Å². The monoisotopic (exact) mass is 481 g/mol. The number of carbonyl (C=O) groups excluding carboxylic acids is 2. The molecule has 1 unspecified atom stereocenters. The zero-order valence-corrected chi connectivity index (χ0v) is 19.4. The summed E-state index contributed by atoms with van der Waals surface area (Å²) < 4.78 is 10.9. The number of carbonyl (C=O) groups is 2. The molecule has 0 saturated carbocycles. The van der Waals surface area contributed by atoms with Gasteiger partial charge in [0, 0.05) is 43.9 Å². The van der Waals surface area contributed by atoms with Gasteiger partial charge in [0.15, 0.2) is 0 Å². The van der Waals surface area contributed by atoms with Gasteiger partial charge in [0.05, 0.1) is 36.4 Å². The molecule has 10 heteroatoms. The van der Waals surface area contributed by atoms with Crippen LogP contribution in [0.5, 0.6) is 5.75 Å². The number of amides is 1. The van der Waals surface area contributed by atoms with Crippen molar-refractivity contribution < 1.29 is 29.1 Å². The molecule has 2 aliphatic rings. The van der Waals surface area contributed by atoms with Crippen LogP contribution in [0.2, 0.25) is 0 Å². The van der Waals surface area contributed by atoms with E-state index >= 15 is 0 Å². The van der Waals surface area contributed by atoms with Crippen LogP contribution in [0.1, 0.15) is 24.1 Å². The normalized spacial score (nSPS) is 20.3. The Morgan fingerprint density at radius 3 is 2.60 bits per heavy atom. The molecular weight excluding hydrogens is 454 g/mol. The molecule has 2 fully saturated rings. The van der Waals surface area contributed by atoms with Crippen molar-refractivity contribution in [1.82, 2.24) is 9.80 Å². The first kappa shape index (κ1) is 24.4. The van der Waals surface area contributed by atoms with E-state index in [2.05, 4.69) is 4.90 Å². The smallest absolute Gasteiger partial charge is 0.295 e. The lowest BCUT2D eigenvalue weighted by Crippen LogP contribution is -2.42. The SMILES string of the molecule is CCOc1cccc(C(O)=C2C(=O)C(=O)N(CCN3CCOCC3)C2c2cccc([N+](=O)[O-])c2)c1. The molecule has 0 aromatic heterocycles. The Balaban J connectivity index is 1.77. The third kappa shape index (κ3) is 5.18. The van der Waals surface area contributed by atoms with E-state index in [1.165, 1.54) is 23.1 Å². The van der Waals surface area contributed by atoms with Crippen molar-refractivity contribution in [1.29, 1.82) is 0 Å². The van der Waals surface area contributed by atoms with Gasteiger partial charge in [-0.2, -0.15) is 0 Å². The maximum Gasteiger partial charge on any atom is 0.295 e. The summed E-state index contributed by atoms with van der Waals surface area (Å²) in [4.78, 5) is 40.7. The van der Waals surface area contributed by atoms with Crippen molar-refractivity contribution in [3.63, 3.8) is 0 Å². The minimum atomic E-state index is -0.966. The van der Waals surface area contributed by atoms with Gasteiger partial charge >= 0.3 is 0 Å². The summed E-state index contributed by atoms with van der Waals surface area (Å²) in [6, 6.07) is 11.4. The predicted octanol–water partition coefficient (Wildman–Crippen LogP) is 2.75. The molecule has 2 aliphatic heterocycles. The lowest BCUT2D eigenvalue weighted by Gasteiger charge is -2.31. The van der Waals surface area contributed by atoms with Gasteiger partial charge in [0.2, 0.25) is 0 Å². The summed E-state index contributed by atoms with van der Waals surface area (Å²) in [6.45, 7) is 5.55. The molecule has 4 rings (SSSR count). The number of hydrogen-bond donors (Lipinski definition) is 1. The topological polar surface area (TPSA) is 122 Å². The Hall–Kier alpha value is -3.76. The Morgan fingerprint density at radius 2 is 1.89 bits per heavy atom. The van der Waals surface area contributed by atoms with Crippen LogP contribution in [0, 0.1) is 10.1 Å². The van der Waals surface area contributed by atoms with Crippen LogP contribution < -0.4 is 4.74 Å². The first-order chi connectivity index (χ1) is 16.9. The summed E-state index contributed by atoms with van der Waals surface area (Å²) in [5, 5.41) is 22.6. The minimum Gasteiger partial charge on any atom is -0.507 e. The summed E-state index contributed by atoms with van der Waals surface area (Å²) in [6.07, 6.45) is 0. The summed E-state index contributed by atoms with van der Waals surface area (Å²) in [7, 11) is 0. The van der Waals surface area contributed by atoms with Gasteiger partial charge in [0.25, 0.3) is 17.4 Å². The molecular formula is C25H27N3O7. The third-order valence-electron chi connectivity index (χ3n) is 6.12. The van der Waals surface area contributed by atoms with Crippen LogP contribution in [0.3, 0.4) is 0 Å². The molecule has 35 heavy (non-hydrogen) atoms. The highest BCUT2D eigenvalue weighted by atomic mass is 16.6. The fraction of sp³-hybridized carbons (Fsp3) is 0.360. The van der Waals surface area contributed by atoms with Gasteiger partial charge in [-0.05, 0) is 24.6 Å². The zero-order valence-electron chi connectivity index (χ0n) is 19.4. The average Bonchev–Trinajstić information content (AvgIpc) is 3.13. The second-order valence-electron chi connectivity index (χ2n) is 8.26. The molecule has 0 bridgehead atoms. The number of nitro groups is 1. The number of likely N-dealkylation sites (tertiary alicyclic amines) is 1. The molecule has 2 heterocycles. The molecule has 1 N–H and O–H groups in total. The van der Waals surface area contributed by atoms with Crippen LogP contribution in [0.25, 0.3) is 5.76 Å². The first-order valence-corrected chi connectivity index (χ1v) is 11.5. The molecule has 1 atom stereocenters. The largest absolute Gasteiger partial charge is 0.507 e. The number of Topliss-reactive ketones (excluding diaryl/α,β-unsaturated/α-hetero) is 1. The zero-order chi connectivity index (χ0) is 24.9. The van der Waals surface area contributed by atoms with Gasteiger partial charge < -0.3 is 19.5 Å². The number of benzene rings is 2. The predicted molar refractivity (Wildman–Crippen MR) is 127 cm³/mol. The molecule has 1 amide bonds. The number of nitrogens with zero attached hydrogens (tertiary/aromatic N) is 3. The Labute approximate surface area is 202 Å². The number of ether oxygens (including phenoxy) is 2. The third-order valence-corrected chi connectivity index (χ3v) is 6.12.